The van der Waals surface area contributed by atoms with Crippen LogP contribution in [0.2, 0.25) is 0 Å². The molecule has 1 aromatic heterocycles. The topological polar surface area (TPSA) is 12.0 Å². The molecule has 84 valence electrons. The van der Waals surface area contributed by atoms with Crippen LogP contribution < -0.4 is 5.32 Å². The summed E-state index contributed by atoms with van der Waals surface area (Å²) in [5, 5.41) is 7.91. The van der Waals surface area contributed by atoms with Crippen LogP contribution in [-0.2, 0) is 6.42 Å². The van der Waals surface area contributed by atoms with Crippen molar-refractivity contribution in [2.24, 2.45) is 0 Å². The zero-order chi connectivity index (χ0) is 11.2. The first kappa shape index (κ1) is 11.4. The second kappa shape index (κ2) is 5.83. The van der Waals surface area contributed by atoms with Crippen molar-refractivity contribution in [3.63, 3.8) is 0 Å². The molecule has 0 bridgehead atoms. The lowest BCUT2D eigenvalue weighted by atomic mass is 10.0. The average molecular weight is 231 g/mol. The van der Waals surface area contributed by atoms with Crippen LogP contribution in [0.5, 0.6) is 0 Å². The summed E-state index contributed by atoms with van der Waals surface area (Å²) in [6.07, 6.45) is 1.07. The highest BCUT2D eigenvalue weighted by Gasteiger charge is 2.10. The number of benzene rings is 1. The molecule has 2 heteroatoms. The number of thiophene rings is 1. The monoisotopic (exact) mass is 231 g/mol. The fraction of sp³-hybridized carbons (Fsp3) is 0.286. The molecule has 0 aliphatic carbocycles. The van der Waals surface area contributed by atoms with E-state index in [1.54, 1.807) is 11.3 Å². The van der Waals surface area contributed by atoms with Crippen molar-refractivity contribution < 1.29 is 0 Å². The molecular formula is C14H17NS. The van der Waals surface area contributed by atoms with Gasteiger partial charge in [-0.1, -0.05) is 37.3 Å². The summed E-state index contributed by atoms with van der Waals surface area (Å²) in [4.78, 5) is 0. The second-order valence-electron chi connectivity index (χ2n) is 3.86. The summed E-state index contributed by atoms with van der Waals surface area (Å²) >= 11 is 1.77. The van der Waals surface area contributed by atoms with Crippen LogP contribution in [0.4, 0.5) is 0 Å². The Hall–Kier alpha value is -1.12. The lowest BCUT2D eigenvalue weighted by Gasteiger charge is -2.17. The quantitative estimate of drug-likeness (QED) is 0.828. The molecule has 1 unspecified atom stereocenters. The van der Waals surface area contributed by atoms with Crippen molar-refractivity contribution in [3.8, 4) is 0 Å². The Balaban J connectivity index is 2.11. The maximum absolute atomic E-state index is 3.54. The van der Waals surface area contributed by atoms with E-state index < -0.39 is 0 Å². The Kier molecular flexibility index (Phi) is 4.14. The largest absolute Gasteiger partial charge is 0.310 e. The maximum Gasteiger partial charge on any atom is 0.0361 e. The van der Waals surface area contributed by atoms with Crippen molar-refractivity contribution in [1.29, 1.82) is 0 Å². The van der Waals surface area contributed by atoms with Gasteiger partial charge in [-0.25, -0.2) is 0 Å². The zero-order valence-electron chi connectivity index (χ0n) is 9.52. The van der Waals surface area contributed by atoms with E-state index in [-0.39, 0.29) is 0 Å². The molecule has 0 fully saturated rings. The molecule has 1 nitrogen and oxygen atoms in total. The van der Waals surface area contributed by atoms with Crippen molar-refractivity contribution >= 4 is 11.3 Å². The summed E-state index contributed by atoms with van der Waals surface area (Å²) in [5.74, 6) is 0. The molecule has 16 heavy (non-hydrogen) atoms. The summed E-state index contributed by atoms with van der Waals surface area (Å²) in [7, 11) is 0. The van der Waals surface area contributed by atoms with Crippen LogP contribution in [-0.4, -0.2) is 6.54 Å². The van der Waals surface area contributed by atoms with Gasteiger partial charge in [0, 0.05) is 6.04 Å². The molecule has 0 saturated heterocycles. The van der Waals surface area contributed by atoms with Gasteiger partial charge in [-0.3, -0.25) is 0 Å². The van der Waals surface area contributed by atoms with Crippen LogP contribution in [0.3, 0.4) is 0 Å². The number of rotatable bonds is 5. The minimum atomic E-state index is 0.431. The van der Waals surface area contributed by atoms with Gasteiger partial charge in [0.1, 0.15) is 0 Å². The van der Waals surface area contributed by atoms with Gasteiger partial charge >= 0.3 is 0 Å². The van der Waals surface area contributed by atoms with E-state index in [0.29, 0.717) is 6.04 Å². The van der Waals surface area contributed by atoms with Gasteiger partial charge in [-0.05, 0) is 40.9 Å². The summed E-state index contributed by atoms with van der Waals surface area (Å²) in [6, 6.07) is 13.3. The second-order valence-corrected chi connectivity index (χ2v) is 4.64. The number of hydrogen-bond acceptors (Lipinski definition) is 2. The van der Waals surface area contributed by atoms with Crippen molar-refractivity contribution in [1.82, 2.24) is 5.32 Å². The standard InChI is InChI=1S/C14H17NS/c1-2-15-14(10-12-8-9-16-11-12)13-6-4-3-5-7-13/h3-9,11,14-15H,2,10H2,1H3. The summed E-state index contributed by atoms with van der Waals surface area (Å²) in [6.45, 7) is 3.16. The van der Waals surface area contributed by atoms with Gasteiger partial charge in [0.2, 0.25) is 0 Å². The maximum atomic E-state index is 3.54. The van der Waals surface area contributed by atoms with E-state index in [1.807, 2.05) is 0 Å². The highest BCUT2D eigenvalue weighted by Crippen LogP contribution is 2.19. The van der Waals surface area contributed by atoms with Gasteiger partial charge in [0.15, 0.2) is 0 Å². The Bertz CT molecular complexity index is 394. The van der Waals surface area contributed by atoms with E-state index in [2.05, 4.69) is 59.4 Å². The lowest BCUT2D eigenvalue weighted by molar-refractivity contribution is 0.550. The highest BCUT2D eigenvalue weighted by molar-refractivity contribution is 7.07. The van der Waals surface area contributed by atoms with E-state index in [4.69, 9.17) is 0 Å². The molecule has 0 aliphatic heterocycles. The number of nitrogens with one attached hydrogen (secondary N) is 1. The molecule has 2 rings (SSSR count). The first-order valence-corrected chi connectivity index (χ1v) is 6.64. The molecular weight excluding hydrogens is 214 g/mol. The molecule has 0 saturated carbocycles. The highest BCUT2D eigenvalue weighted by atomic mass is 32.1. The molecule has 2 aromatic rings. The summed E-state index contributed by atoms with van der Waals surface area (Å²) < 4.78 is 0. The molecule has 1 aromatic carbocycles. The van der Waals surface area contributed by atoms with Crippen LogP contribution in [0.25, 0.3) is 0 Å². The molecule has 0 aliphatic rings. The molecule has 0 spiro atoms. The van der Waals surface area contributed by atoms with Crippen molar-refractivity contribution in [2.45, 2.75) is 19.4 Å². The number of likely N-dealkylation sites (N-methyl/N-ethyl adjacent to an activating group) is 1. The van der Waals surface area contributed by atoms with Crippen LogP contribution >= 0.6 is 11.3 Å². The lowest BCUT2D eigenvalue weighted by Crippen LogP contribution is -2.22. The Labute approximate surface area is 101 Å². The van der Waals surface area contributed by atoms with Crippen LogP contribution in [0.1, 0.15) is 24.1 Å². The van der Waals surface area contributed by atoms with Gasteiger partial charge in [-0.2, -0.15) is 11.3 Å². The van der Waals surface area contributed by atoms with E-state index >= 15 is 0 Å². The fourth-order valence-electron chi connectivity index (χ4n) is 1.88. The van der Waals surface area contributed by atoms with E-state index in [1.165, 1.54) is 11.1 Å². The molecule has 1 atom stereocenters. The normalized spacial score (nSPS) is 12.6. The molecule has 0 amide bonds. The Morgan fingerprint density at radius 1 is 1.19 bits per heavy atom. The number of hydrogen-bond donors (Lipinski definition) is 1. The predicted octanol–water partition coefficient (Wildman–Crippen LogP) is 3.64. The van der Waals surface area contributed by atoms with E-state index in [0.717, 1.165) is 13.0 Å². The smallest absolute Gasteiger partial charge is 0.0361 e. The first-order valence-electron chi connectivity index (χ1n) is 5.69. The van der Waals surface area contributed by atoms with Crippen molar-refractivity contribution in [2.75, 3.05) is 6.54 Å². The predicted molar refractivity (Wildman–Crippen MR) is 70.9 cm³/mol. The van der Waals surface area contributed by atoms with Crippen LogP contribution in [0, 0.1) is 0 Å². The fourth-order valence-corrected chi connectivity index (χ4v) is 2.57. The summed E-state index contributed by atoms with van der Waals surface area (Å²) in [5.41, 5.74) is 2.79. The minimum Gasteiger partial charge on any atom is -0.310 e. The van der Waals surface area contributed by atoms with Gasteiger partial charge < -0.3 is 5.32 Å². The Morgan fingerprint density at radius 3 is 2.62 bits per heavy atom. The van der Waals surface area contributed by atoms with Crippen molar-refractivity contribution in [3.05, 3.63) is 58.3 Å². The minimum absolute atomic E-state index is 0.431. The third-order valence-electron chi connectivity index (χ3n) is 2.67. The van der Waals surface area contributed by atoms with Crippen LogP contribution in [0.15, 0.2) is 47.2 Å². The third kappa shape index (κ3) is 2.94. The Morgan fingerprint density at radius 2 is 2.00 bits per heavy atom. The first-order chi connectivity index (χ1) is 7.90. The average Bonchev–Trinajstić information content (AvgIpc) is 2.83. The molecule has 1 N–H and O–H groups in total. The zero-order valence-corrected chi connectivity index (χ0v) is 10.3. The van der Waals surface area contributed by atoms with Gasteiger partial charge in [0.25, 0.3) is 0 Å². The molecule has 0 radical (unpaired) electrons. The third-order valence-corrected chi connectivity index (χ3v) is 3.40. The van der Waals surface area contributed by atoms with Gasteiger partial charge in [0.05, 0.1) is 0 Å². The van der Waals surface area contributed by atoms with E-state index in [9.17, 15) is 0 Å². The van der Waals surface area contributed by atoms with Gasteiger partial charge in [-0.15, -0.1) is 0 Å². The SMILES string of the molecule is CCNC(Cc1ccsc1)c1ccccc1. The molecule has 1 heterocycles.